The molecule has 0 aliphatic carbocycles. The van der Waals surface area contributed by atoms with Crippen LogP contribution in [-0.4, -0.2) is 54.3 Å². The molecule has 0 aliphatic heterocycles. The number of rotatable bonds is 36. The Kier molecular flexibility index (Phi) is 36.4. The molecule has 7 nitrogen and oxygen atoms in total. The average molecular weight is 663 g/mol. The van der Waals surface area contributed by atoms with Crippen molar-refractivity contribution in [2.75, 3.05) is 54.3 Å². The van der Waals surface area contributed by atoms with Crippen molar-refractivity contribution in [1.29, 1.82) is 0 Å². The van der Waals surface area contributed by atoms with Crippen molar-refractivity contribution in [2.45, 2.75) is 136 Å². The summed E-state index contributed by atoms with van der Waals surface area (Å²) in [6.07, 6.45) is 23.1. The van der Waals surface area contributed by atoms with E-state index < -0.39 is 7.82 Å². The Balaban J connectivity index is 4.07. The molecule has 41 heavy (non-hydrogen) atoms. The van der Waals surface area contributed by atoms with Crippen LogP contribution in [-0.2, 0) is 33.3 Å². The van der Waals surface area contributed by atoms with E-state index in [2.05, 4.69) is 20.8 Å². The summed E-state index contributed by atoms with van der Waals surface area (Å²) < 4.78 is 28.0. The van der Waals surface area contributed by atoms with Crippen LogP contribution in [0.4, 0.5) is 0 Å². The van der Waals surface area contributed by atoms with E-state index in [9.17, 15) is 4.57 Å². The standard InChI is InChI=1S/C30H63O7PS3/c1-4-7-10-13-16-19-25-39-28-22-32-35-38(31,36-33-23-29-40-26-20-17-14-11-8-5-2)37-34-24-30-41-27-21-18-15-12-9-6-3/h4-30H2,1-3H3. The van der Waals surface area contributed by atoms with Crippen LogP contribution in [0.5, 0.6) is 0 Å². The van der Waals surface area contributed by atoms with E-state index in [1.54, 1.807) is 35.3 Å². The molecule has 0 saturated carbocycles. The van der Waals surface area contributed by atoms with Gasteiger partial charge in [-0.15, -0.1) is 14.0 Å². The molecule has 0 amide bonds. The smallest absolute Gasteiger partial charge is 0.225 e. The number of thioether (sulfide) groups is 3. The second-order valence-electron chi connectivity index (χ2n) is 10.3. The molecular formula is C30H63O7PS3. The van der Waals surface area contributed by atoms with Gasteiger partial charge in [0.2, 0.25) is 0 Å². The monoisotopic (exact) mass is 662 g/mol. The number of hydrogen-bond donors (Lipinski definition) is 0. The van der Waals surface area contributed by atoms with Crippen LogP contribution in [0.25, 0.3) is 0 Å². The zero-order chi connectivity index (χ0) is 30.0. The fraction of sp³-hybridized carbons (Fsp3) is 1.00. The molecule has 0 heterocycles. The molecule has 0 unspecified atom stereocenters. The summed E-state index contributed by atoms with van der Waals surface area (Å²) in [5, 5.41) is 0. The molecule has 0 spiro atoms. The predicted octanol–water partition coefficient (Wildman–Crippen LogP) is 11.2. The van der Waals surface area contributed by atoms with Crippen LogP contribution in [0.15, 0.2) is 0 Å². The first kappa shape index (κ1) is 42.0. The largest absolute Gasteiger partial charge is 0.556 e. The Hall–Kier alpha value is 1.04. The molecule has 0 aromatic rings. The van der Waals surface area contributed by atoms with Gasteiger partial charge in [0.15, 0.2) is 0 Å². The van der Waals surface area contributed by atoms with E-state index in [1.807, 2.05) is 0 Å². The second-order valence-corrected chi connectivity index (χ2v) is 15.3. The van der Waals surface area contributed by atoms with Crippen molar-refractivity contribution in [3.05, 3.63) is 0 Å². The van der Waals surface area contributed by atoms with E-state index in [4.69, 9.17) is 28.7 Å². The first-order valence-electron chi connectivity index (χ1n) is 16.4. The molecule has 11 heteroatoms. The van der Waals surface area contributed by atoms with Gasteiger partial charge in [-0.05, 0) is 36.5 Å². The van der Waals surface area contributed by atoms with Gasteiger partial charge in [-0.2, -0.15) is 35.3 Å². The molecule has 0 bridgehead atoms. The van der Waals surface area contributed by atoms with Gasteiger partial charge in [0, 0.05) is 17.3 Å². The third-order valence-corrected chi connectivity index (χ3v) is 10.3. The van der Waals surface area contributed by atoms with Gasteiger partial charge < -0.3 is 0 Å². The number of unbranched alkanes of at least 4 members (excludes halogenated alkanes) is 15. The summed E-state index contributed by atoms with van der Waals surface area (Å²) in [5.41, 5.74) is 0. The molecule has 0 saturated heterocycles. The Morgan fingerprint density at radius 1 is 0.390 bits per heavy atom. The minimum absolute atomic E-state index is 0.277. The van der Waals surface area contributed by atoms with E-state index in [0.29, 0.717) is 0 Å². The van der Waals surface area contributed by atoms with Gasteiger partial charge in [-0.1, -0.05) is 117 Å². The maximum Gasteiger partial charge on any atom is 0.556 e. The van der Waals surface area contributed by atoms with Crippen LogP contribution < -0.4 is 0 Å². The molecule has 0 atom stereocenters. The predicted molar refractivity (Wildman–Crippen MR) is 181 cm³/mol. The fourth-order valence-electron chi connectivity index (χ4n) is 3.88. The molecule has 0 rings (SSSR count). The topological polar surface area (TPSA) is 72.5 Å². The minimum Gasteiger partial charge on any atom is -0.225 e. The Bertz CT molecular complexity index is 479. The number of phosphoric acid groups is 1. The summed E-state index contributed by atoms with van der Waals surface area (Å²) >= 11 is 5.39. The van der Waals surface area contributed by atoms with Crippen LogP contribution in [0.2, 0.25) is 0 Å². The fourth-order valence-corrected chi connectivity index (χ4v) is 6.96. The van der Waals surface area contributed by atoms with Crippen LogP contribution in [0, 0.1) is 0 Å². The highest BCUT2D eigenvalue weighted by Gasteiger charge is 2.32. The quantitative estimate of drug-likeness (QED) is 0.0280. The molecule has 0 aliphatic rings. The van der Waals surface area contributed by atoms with Crippen LogP contribution in [0.1, 0.15) is 136 Å². The highest BCUT2D eigenvalue weighted by atomic mass is 32.2. The second kappa shape index (κ2) is 35.5. The normalized spacial score (nSPS) is 12.0. The lowest BCUT2D eigenvalue weighted by Gasteiger charge is -2.14. The summed E-state index contributed by atoms with van der Waals surface area (Å²) in [4.78, 5) is 15.5. The molecular weight excluding hydrogens is 599 g/mol. The zero-order valence-electron chi connectivity index (χ0n) is 26.6. The Morgan fingerprint density at radius 2 is 0.659 bits per heavy atom. The third-order valence-electron chi connectivity index (χ3n) is 6.29. The van der Waals surface area contributed by atoms with Crippen molar-refractivity contribution in [1.82, 2.24) is 0 Å². The van der Waals surface area contributed by atoms with Crippen molar-refractivity contribution in [3.8, 4) is 0 Å². The lowest BCUT2D eigenvalue weighted by atomic mass is 10.1. The van der Waals surface area contributed by atoms with Crippen molar-refractivity contribution < 1.29 is 33.3 Å². The molecule has 0 radical (unpaired) electrons. The van der Waals surface area contributed by atoms with E-state index >= 15 is 0 Å². The van der Waals surface area contributed by atoms with Crippen molar-refractivity contribution in [2.24, 2.45) is 0 Å². The SMILES string of the molecule is CCCCCCCCSCCOOP(=O)(OOCCSCCCCCCCC)OOCCSCCCCCCCC. The first-order valence-corrected chi connectivity index (χ1v) is 21.4. The van der Waals surface area contributed by atoms with Crippen molar-refractivity contribution >= 4 is 43.1 Å². The minimum atomic E-state index is -4.15. The zero-order valence-corrected chi connectivity index (χ0v) is 30.0. The highest BCUT2D eigenvalue weighted by molar-refractivity contribution is 7.99. The van der Waals surface area contributed by atoms with Gasteiger partial charge in [0.25, 0.3) is 0 Å². The molecule has 0 aromatic carbocycles. The van der Waals surface area contributed by atoms with Gasteiger partial charge in [0.05, 0.1) is 19.8 Å². The maximum atomic E-state index is 12.9. The maximum absolute atomic E-state index is 12.9. The Morgan fingerprint density at radius 3 is 0.951 bits per heavy atom. The van der Waals surface area contributed by atoms with Gasteiger partial charge >= 0.3 is 7.82 Å². The Labute approximate surface area is 266 Å². The molecule has 0 aromatic heterocycles. The third kappa shape index (κ3) is 33.8. The summed E-state index contributed by atoms with van der Waals surface area (Å²) in [5.74, 6) is 5.46. The van der Waals surface area contributed by atoms with Gasteiger partial charge in [0.1, 0.15) is 0 Å². The summed E-state index contributed by atoms with van der Waals surface area (Å²) in [7, 11) is -4.15. The molecule has 0 N–H and O–H groups in total. The number of hydrogen-bond acceptors (Lipinski definition) is 10. The average Bonchev–Trinajstić information content (AvgIpc) is 2.97. The van der Waals surface area contributed by atoms with Crippen LogP contribution >= 0.6 is 43.1 Å². The summed E-state index contributed by atoms with van der Waals surface area (Å²) in [6, 6.07) is 0. The van der Waals surface area contributed by atoms with Gasteiger partial charge in [-0.3, -0.25) is 0 Å². The summed E-state index contributed by atoms with van der Waals surface area (Å²) in [6.45, 7) is 7.54. The lowest BCUT2D eigenvalue weighted by molar-refractivity contribution is -0.320. The first-order chi connectivity index (χ1) is 20.2. The molecule has 248 valence electrons. The lowest BCUT2D eigenvalue weighted by Crippen LogP contribution is -2.07. The van der Waals surface area contributed by atoms with E-state index in [1.165, 1.54) is 116 Å². The van der Waals surface area contributed by atoms with E-state index in [0.717, 1.165) is 34.5 Å². The van der Waals surface area contributed by atoms with Crippen LogP contribution in [0.3, 0.4) is 0 Å². The van der Waals surface area contributed by atoms with Gasteiger partial charge in [-0.25, -0.2) is 19.2 Å². The van der Waals surface area contributed by atoms with Crippen molar-refractivity contribution in [3.63, 3.8) is 0 Å². The van der Waals surface area contributed by atoms with E-state index in [-0.39, 0.29) is 19.8 Å². The highest BCUT2D eigenvalue weighted by Crippen LogP contribution is 2.50. The molecule has 0 fully saturated rings.